The van der Waals surface area contributed by atoms with Crippen LogP contribution in [0.15, 0.2) is 12.5 Å². The second-order valence-electron chi connectivity index (χ2n) is 3.65. The SMILES string of the molecule is O=C(c1ncncc1O)N1CCCNCC1. The largest absolute Gasteiger partial charge is 0.504 e. The third-order valence-electron chi connectivity index (χ3n) is 2.52. The molecule has 1 aromatic rings. The molecule has 0 atom stereocenters. The summed E-state index contributed by atoms with van der Waals surface area (Å²) in [7, 11) is 0. The van der Waals surface area contributed by atoms with E-state index in [2.05, 4.69) is 15.3 Å². The Morgan fingerprint density at radius 2 is 2.31 bits per heavy atom. The van der Waals surface area contributed by atoms with Gasteiger partial charge in [-0.05, 0) is 13.0 Å². The van der Waals surface area contributed by atoms with Gasteiger partial charge in [-0.1, -0.05) is 0 Å². The van der Waals surface area contributed by atoms with Crippen molar-refractivity contribution in [2.75, 3.05) is 26.2 Å². The predicted octanol–water partition coefficient (Wildman–Crippen LogP) is -0.382. The second kappa shape index (κ2) is 4.89. The lowest BCUT2D eigenvalue weighted by molar-refractivity contribution is 0.0757. The molecular formula is C10H14N4O2. The number of aromatic nitrogens is 2. The number of nitrogens with zero attached hydrogens (tertiary/aromatic N) is 3. The minimum atomic E-state index is -0.233. The van der Waals surface area contributed by atoms with E-state index in [1.807, 2.05) is 0 Å². The quantitative estimate of drug-likeness (QED) is 0.677. The Labute approximate surface area is 93.3 Å². The molecule has 0 aliphatic carbocycles. The van der Waals surface area contributed by atoms with Crippen molar-refractivity contribution in [1.82, 2.24) is 20.2 Å². The van der Waals surface area contributed by atoms with Crippen LogP contribution < -0.4 is 5.32 Å². The van der Waals surface area contributed by atoms with Crippen LogP contribution in [-0.2, 0) is 0 Å². The van der Waals surface area contributed by atoms with Gasteiger partial charge in [0.1, 0.15) is 6.33 Å². The number of amides is 1. The predicted molar refractivity (Wildman–Crippen MR) is 57.1 cm³/mol. The highest BCUT2D eigenvalue weighted by Crippen LogP contribution is 2.14. The van der Waals surface area contributed by atoms with Gasteiger partial charge in [0.25, 0.3) is 5.91 Å². The number of carbonyl (C=O) groups is 1. The van der Waals surface area contributed by atoms with Gasteiger partial charge in [0.15, 0.2) is 11.4 Å². The first-order valence-corrected chi connectivity index (χ1v) is 5.28. The minimum Gasteiger partial charge on any atom is -0.504 e. The van der Waals surface area contributed by atoms with E-state index in [1.54, 1.807) is 4.90 Å². The van der Waals surface area contributed by atoms with Crippen molar-refractivity contribution in [2.45, 2.75) is 6.42 Å². The molecule has 2 N–H and O–H groups in total. The highest BCUT2D eigenvalue weighted by Gasteiger charge is 2.20. The fourth-order valence-electron chi connectivity index (χ4n) is 1.69. The number of hydrogen-bond acceptors (Lipinski definition) is 5. The number of carbonyl (C=O) groups excluding carboxylic acids is 1. The van der Waals surface area contributed by atoms with E-state index in [9.17, 15) is 9.90 Å². The molecular weight excluding hydrogens is 208 g/mol. The van der Waals surface area contributed by atoms with E-state index >= 15 is 0 Å². The number of aromatic hydroxyl groups is 1. The van der Waals surface area contributed by atoms with Crippen molar-refractivity contribution >= 4 is 5.91 Å². The Kier molecular flexibility index (Phi) is 3.31. The molecule has 6 heteroatoms. The molecule has 2 rings (SSSR count). The summed E-state index contributed by atoms with van der Waals surface area (Å²) in [4.78, 5) is 21.2. The van der Waals surface area contributed by atoms with Crippen LogP contribution in [0.1, 0.15) is 16.9 Å². The van der Waals surface area contributed by atoms with E-state index < -0.39 is 0 Å². The van der Waals surface area contributed by atoms with Crippen molar-refractivity contribution in [2.24, 2.45) is 0 Å². The lowest BCUT2D eigenvalue weighted by Gasteiger charge is -2.19. The molecule has 1 amide bonds. The smallest absolute Gasteiger partial charge is 0.276 e. The Bertz CT molecular complexity index is 375. The molecule has 0 saturated carbocycles. The Balaban J connectivity index is 2.14. The lowest BCUT2D eigenvalue weighted by Crippen LogP contribution is -2.34. The second-order valence-corrected chi connectivity index (χ2v) is 3.65. The first-order chi connectivity index (χ1) is 7.79. The van der Waals surface area contributed by atoms with Gasteiger partial charge in [0.05, 0.1) is 6.20 Å². The summed E-state index contributed by atoms with van der Waals surface area (Å²) in [5.41, 5.74) is 0.0805. The maximum Gasteiger partial charge on any atom is 0.276 e. The van der Waals surface area contributed by atoms with E-state index in [0.717, 1.165) is 19.5 Å². The highest BCUT2D eigenvalue weighted by atomic mass is 16.3. The van der Waals surface area contributed by atoms with Crippen LogP contribution in [0.2, 0.25) is 0 Å². The molecule has 0 aromatic carbocycles. The Morgan fingerprint density at radius 1 is 1.44 bits per heavy atom. The van der Waals surface area contributed by atoms with Gasteiger partial charge in [-0.15, -0.1) is 0 Å². The molecule has 1 fully saturated rings. The summed E-state index contributed by atoms with van der Waals surface area (Å²) in [6.45, 7) is 3.02. The fourth-order valence-corrected chi connectivity index (χ4v) is 1.69. The van der Waals surface area contributed by atoms with Crippen molar-refractivity contribution in [3.63, 3.8) is 0 Å². The van der Waals surface area contributed by atoms with Crippen LogP contribution in [0.4, 0.5) is 0 Å². The summed E-state index contributed by atoms with van der Waals surface area (Å²) in [6.07, 6.45) is 3.41. The summed E-state index contributed by atoms with van der Waals surface area (Å²) in [5.74, 6) is -0.395. The summed E-state index contributed by atoms with van der Waals surface area (Å²) < 4.78 is 0. The molecule has 1 aromatic heterocycles. The van der Waals surface area contributed by atoms with Gasteiger partial charge in [0, 0.05) is 19.6 Å². The molecule has 0 unspecified atom stereocenters. The zero-order valence-electron chi connectivity index (χ0n) is 8.89. The van der Waals surface area contributed by atoms with Crippen LogP contribution in [0.3, 0.4) is 0 Å². The summed E-state index contributed by atoms with van der Waals surface area (Å²) in [6, 6.07) is 0. The molecule has 1 saturated heterocycles. The Morgan fingerprint density at radius 3 is 3.12 bits per heavy atom. The Hall–Kier alpha value is -1.69. The monoisotopic (exact) mass is 222 g/mol. The van der Waals surface area contributed by atoms with Gasteiger partial charge >= 0.3 is 0 Å². The highest BCUT2D eigenvalue weighted by molar-refractivity contribution is 5.94. The summed E-state index contributed by atoms with van der Waals surface area (Å²) in [5, 5.41) is 12.7. The molecule has 0 bridgehead atoms. The maximum atomic E-state index is 12.0. The van der Waals surface area contributed by atoms with Crippen molar-refractivity contribution in [3.05, 3.63) is 18.2 Å². The van der Waals surface area contributed by atoms with Gasteiger partial charge in [0.2, 0.25) is 0 Å². The number of rotatable bonds is 1. The average Bonchev–Trinajstić information content (AvgIpc) is 2.57. The summed E-state index contributed by atoms with van der Waals surface area (Å²) >= 11 is 0. The first-order valence-electron chi connectivity index (χ1n) is 5.28. The molecule has 1 aliphatic heterocycles. The van der Waals surface area contributed by atoms with Crippen LogP contribution in [0.5, 0.6) is 5.75 Å². The van der Waals surface area contributed by atoms with Crippen molar-refractivity contribution < 1.29 is 9.90 Å². The molecule has 86 valence electrons. The van der Waals surface area contributed by atoms with E-state index in [-0.39, 0.29) is 17.4 Å². The molecule has 0 spiro atoms. The molecule has 6 nitrogen and oxygen atoms in total. The number of hydrogen-bond donors (Lipinski definition) is 2. The normalized spacial score (nSPS) is 16.9. The van der Waals surface area contributed by atoms with Crippen LogP contribution in [0, 0.1) is 0 Å². The molecule has 2 heterocycles. The molecule has 16 heavy (non-hydrogen) atoms. The van der Waals surface area contributed by atoms with E-state index in [1.165, 1.54) is 12.5 Å². The molecule has 0 radical (unpaired) electrons. The van der Waals surface area contributed by atoms with Gasteiger partial charge in [-0.2, -0.15) is 0 Å². The standard InChI is InChI=1S/C10H14N4O2/c15-8-6-12-7-13-9(8)10(16)14-4-1-2-11-3-5-14/h6-7,11,15H,1-5H2. The maximum absolute atomic E-state index is 12.0. The average molecular weight is 222 g/mol. The van der Waals surface area contributed by atoms with Crippen LogP contribution in [-0.4, -0.2) is 52.1 Å². The van der Waals surface area contributed by atoms with Crippen LogP contribution >= 0.6 is 0 Å². The molecule has 1 aliphatic rings. The number of nitrogens with one attached hydrogen (secondary N) is 1. The minimum absolute atomic E-state index is 0.0805. The van der Waals surface area contributed by atoms with Gasteiger partial charge in [-0.3, -0.25) is 4.79 Å². The zero-order valence-corrected chi connectivity index (χ0v) is 8.89. The van der Waals surface area contributed by atoms with Gasteiger partial charge in [-0.25, -0.2) is 9.97 Å². The zero-order chi connectivity index (χ0) is 11.4. The topological polar surface area (TPSA) is 78.3 Å². The lowest BCUT2D eigenvalue weighted by atomic mass is 10.3. The third kappa shape index (κ3) is 2.27. The fraction of sp³-hybridized carbons (Fsp3) is 0.500. The van der Waals surface area contributed by atoms with E-state index in [0.29, 0.717) is 13.1 Å². The van der Waals surface area contributed by atoms with E-state index in [4.69, 9.17) is 0 Å². The third-order valence-corrected chi connectivity index (χ3v) is 2.52. The van der Waals surface area contributed by atoms with Crippen LogP contribution in [0.25, 0.3) is 0 Å². The van der Waals surface area contributed by atoms with Crippen molar-refractivity contribution in [1.29, 1.82) is 0 Å². The van der Waals surface area contributed by atoms with Crippen molar-refractivity contribution in [3.8, 4) is 5.75 Å². The van der Waals surface area contributed by atoms with Gasteiger partial charge < -0.3 is 15.3 Å². The first kappa shape index (κ1) is 10.8.